The van der Waals surface area contributed by atoms with E-state index in [1.54, 1.807) is 60.1 Å². The second-order valence-corrected chi connectivity index (χ2v) is 9.42. The van der Waals surface area contributed by atoms with Gasteiger partial charge in [-0.3, -0.25) is 4.79 Å². The summed E-state index contributed by atoms with van der Waals surface area (Å²) in [5.74, 6) is -2.66. The smallest absolute Gasteiger partial charge is 0.305 e. The zero-order valence-electron chi connectivity index (χ0n) is 21.7. The summed E-state index contributed by atoms with van der Waals surface area (Å²) in [4.78, 5) is 26.3. The Labute approximate surface area is 222 Å². The van der Waals surface area contributed by atoms with Crippen LogP contribution in [0.2, 0.25) is 0 Å². The summed E-state index contributed by atoms with van der Waals surface area (Å²) in [5.41, 5.74) is 2.90. The van der Waals surface area contributed by atoms with Crippen molar-refractivity contribution in [1.29, 1.82) is 0 Å². The Morgan fingerprint density at radius 3 is 2.82 bits per heavy atom. The maximum atomic E-state index is 14.5. The molecule has 1 unspecified atom stereocenters. The molecule has 204 valence electrons. The minimum Gasteiger partial charge on any atom is -0.472 e. The van der Waals surface area contributed by atoms with Gasteiger partial charge in [-0.25, -0.2) is 28.4 Å². The lowest BCUT2D eigenvalue weighted by atomic mass is 9.91. The molecule has 0 spiro atoms. The van der Waals surface area contributed by atoms with Gasteiger partial charge in [-0.1, -0.05) is 5.16 Å². The Balaban J connectivity index is 1.34. The summed E-state index contributed by atoms with van der Waals surface area (Å²) >= 11 is 0. The lowest BCUT2D eigenvalue weighted by molar-refractivity contribution is -0.142. The van der Waals surface area contributed by atoms with E-state index < -0.39 is 24.4 Å². The fraction of sp³-hybridized carbons (Fsp3) is 0.385. The first-order valence-corrected chi connectivity index (χ1v) is 12.3. The molecular formula is C26H27F2N7O4. The van der Waals surface area contributed by atoms with Crippen molar-refractivity contribution in [1.82, 2.24) is 29.9 Å². The number of rotatable bonds is 8. The summed E-state index contributed by atoms with van der Waals surface area (Å²) < 4.78 is 46.8. The van der Waals surface area contributed by atoms with Gasteiger partial charge in [0.2, 0.25) is 5.88 Å². The van der Waals surface area contributed by atoms with E-state index in [0.29, 0.717) is 52.3 Å². The molecule has 4 aromatic rings. The molecule has 0 amide bonds. The molecule has 0 radical (unpaired) electrons. The van der Waals surface area contributed by atoms with Crippen LogP contribution >= 0.6 is 0 Å². The quantitative estimate of drug-likeness (QED) is 0.305. The first-order chi connectivity index (χ1) is 18.7. The summed E-state index contributed by atoms with van der Waals surface area (Å²) in [6.45, 7) is 3.49. The average molecular weight is 540 g/mol. The molecule has 4 aromatic heterocycles. The molecule has 0 aliphatic carbocycles. The normalized spacial score (nSPS) is 16.7. The van der Waals surface area contributed by atoms with E-state index in [-0.39, 0.29) is 19.4 Å². The highest BCUT2D eigenvalue weighted by Gasteiger charge is 2.41. The van der Waals surface area contributed by atoms with E-state index in [9.17, 15) is 13.6 Å². The summed E-state index contributed by atoms with van der Waals surface area (Å²) in [7, 11) is 1.25. The number of esters is 1. The highest BCUT2D eigenvalue weighted by atomic mass is 19.3. The van der Waals surface area contributed by atoms with Crippen LogP contribution in [0.15, 0.2) is 47.5 Å². The van der Waals surface area contributed by atoms with E-state index in [0.717, 1.165) is 0 Å². The van der Waals surface area contributed by atoms with Crippen molar-refractivity contribution in [2.45, 2.75) is 39.2 Å². The zero-order chi connectivity index (χ0) is 27.6. The number of piperidine rings is 1. The van der Waals surface area contributed by atoms with Crippen LogP contribution in [0.4, 0.5) is 14.5 Å². The molecule has 5 heterocycles. The molecule has 1 fully saturated rings. The predicted molar refractivity (Wildman–Crippen MR) is 135 cm³/mol. The van der Waals surface area contributed by atoms with Gasteiger partial charge in [-0.15, -0.1) is 0 Å². The summed E-state index contributed by atoms with van der Waals surface area (Å²) in [5, 5.41) is 8.23. The maximum Gasteiger partial charge on any atom is 0.305 e. The number of aromatic nitrogens is 6. The molecule has 1 saturated heterocycles. The van der Waals surface area contributed by atoms with Gasteiger partial charge in [-0.05, 0) is 38.0 Å². The molecule has 0 saturated carbocycles. The lowest BCUT2D eigenvalue weighted by Gasteiger charge is -2.39. The number of nitrogens with zero attached hydrogens (tertiary/aromatic N) is 7. The van der Waals surface area contributed by atoms with Crippen molar-refractivity contribution in [3.8, 4) is 23.2 Å². The molecule has 11 nitrogen and oxygen atoms in total. The number of hydrogen-bond donors (Lipinski definition) is 0. The molecule has 5 rings (SSSR count). The summed E-state index contributed by atoms with van der Waals surface area (Å²) in [6.07, 6.45) is 4.37. The zero-order valence-corrected chi connectivity index (χ0v) is 21.7. The first-order valence-electron chi connectivity index (χ1n) is 12.3. The van der Waals surface area contributed by atoms with Crippen LogP contribution in [0, 0.1) is 19.8 Å². The van der Waals surface area contributed by atoms with Crippen LogP contribution in [-0.4, -0.2) is 62.0 Å². The van der Waals surface area contributed by atoms with Crippen molar-refractivity contribution >= 4 is 11.7 Å². The van der Waals surface area contributed by atoms with E-state index in [1.165, 1.54) is 13.4 Å². The highest BCUT2D eigenvalue weighted by Crippen LogP contribution is 2.36. The summed E-state index contributed by atoms with van der Waals surface area (Å²) in [6, 6.07) is 6.88. The van der Waals surface area contributed by atoms with Crippen molar-refractivity contribution in [2.75, 3.05) is 25.1 Å². The SMILES string of the molecule is COC(=O)CC1CN(c2ccc(-c3onc(C)c3COc3cc(-n4cccn4)ncn3)nc2C)CC(F)(F)C1. The average Bonchev–Trinajstić information content (AvgIpc) is 3.57. The van der Waals surface area contributed by atoms with Crippen molar-refractivity contribution in [3.63, 3.8) is 0 Å². The van der Waals surface area contributed by atoms with Crippen molar-refractivity contribution in [3.05, 3.63) is 59.9 Å². The molecule has 1 atom stereocenters. The van der Waals surface area contributed by atoms with E-state index in [4.69, 9.17) is 9.26 Å². The van der Waals surface area contributed by atoms with Gasteiger partial charge in [0.25, 0.3) is 5.92 Å². The Morgan fingerprint density at radius 1 is 1.23 bits per heavy atom. The molecule has 0 N–H and O–H groups in total. The largest absolute Gasteiger partial charge is 0.472 e. The monoisotopic (exact) mass is 539 g/mol. The third-order valence-corrected chi connectivity index (χ3v) is 6.52. The third-order valence-electron chi connectivity index (χ3n) is 6.52. The fourth-order valence-corrected chi connectivity index (χ4v) is 4.71. The van der Waals surface area contributed by atoms with Gasteiger partial charge >= 0.3 is 5.97 Å². The molecule has 0 bridgehead atoms. The van der Waals surface area contributed by atoms with E-state index in [2.05, 4.69) is 29.9 Å². The molecule has 1 aliphatic rings. The fourth-order valence-electron chi connectivity index (χ4n) is 4.71. The number of methoxy groups -OCH3 is 1. The third kappa shape index (κ3) is 5.86. The van der Waals surface area contributed by atoms with Crippen LogP contribution in [0.3, 0.4) is 0 Å². The lowest BCUT2D eigenvalue weighted by Crippen LogP contribution is -2.48. The molecule has 39 heavy (non-hydrogen) atoms. The molecule has 0 aromatic carbocycles. The minimum atomic E-state index is -2.94. The maximum absolute atomic E-state index is 14.5. The number of pyridine rings is 1. The second kappa shape index (κ2) is 10.8. The number of anilines is 1. The van der Waals surface area contributed by atoms with E-state index >= 15 is 0 Å². The Hall–Kier alpha value is -4.42. The molecular weight excluding hydrogens is 512 g/mol. The van der Waals surface area contributed by atoms with Gasteiger partial charge < -0.3 is 18.9 Å². The number of carbonyl (C=O) groups excluding carboxylic acids is 1. The topological polar surface area (TPSA) is 121 Å². The number of aryl methyl sites for hydroxylation is 2. The van der Waals surface area contributed by atoms with Crippen molar-refractivity contribution < 1.29 is 27.6 Å². The van der Waals surface area contributed by atoms with Gasteiger partial charge in [0.1, 0.15) is 18.6 Å². The Kier molecular flexibility index (Phi) is 7.22. The van der Waals surface area contributed by atoms with Crippen LogP contribution in [0.5, 0.6) is 5.88 Å². The predicted octanol–water partition coefficient (Wildman–Crippen LogP) is 3.93. The molecule has 1 aliphatic heterocycles. The standard InChI is InChI=1S/C26H27F2N7O4/c1-16-19(13-38-23-10-22(29-15-30-23)35-8-4-7-31-35)25(39-33-16)20-5-6-21(17(2)32-20)34-12-18(9-24(36)37-3)11-26(27,28)14-34/h4-8,10,15,18H,9,11-14H2,1-3H3. The van der Waals surface area contributed by atoms with Gasteiger partial charge in [0, 0.05) is 31.4 Å². The second-order valence-electron chi connectivity index (χ2n) is 9.42. The highest BCUT2D eigenvalue weighted by molar-refractivity contribution is 5.70. The Bertz CT molecular complexity index is 1460. The van der Waals surface area contributed by atoms with Gasteiger partial charge in [-0.2, -0.15) is 5.10 Å². The van der Waals surface area contributed by atoms with E-state index in [1.807, 2.05) is 0 Å². The van der Waals surface area contributed by atoms with Crippen LogP contribution in [-0.2, 0) is 16.1 Å². The molecule has 13 heteroatoms. The number of halogens is 2. The number of alkyl halides is 2. The number of ether oxygens (including phenoxy) is 2. The first kappa shape index (κ1) is 26.2. The number of hydrogen-bond acceptors (Lipinski definition) is 10. The van der Waals surface area contributed by atoms with Gasteiger partial charge in [0.15, 0.2) is 11.6 Å². The van der Waals surface area contributed by atoms with Crippen LogP contribution in [0.1, 0.15) is 29.8 Å². The van der Waals surface area contributed by atoms with Gasteiger partial charge in [0.05, 0.1) is 42.7 Å². The minimum absolute atomic E-state index is 0.0659. The van der Waals surface area contributed by atoms with Crippen LogP contribution < -0.4 is 9.64 Å². The Morgan fingerprint density at radius 2 is 2.08 bits per heavy atom. The number of carbonyl (C=O) groups is 1. The van der Waals surface area contributed by atoms with Crippen LogP contribution in [0.25, 0.3) is 17.3 Å². The van der Waals surface area contributed by atoms with Crippen molar-refractivity contribution in [2.24, 2.45) is 5.92 Å².